The molecule has 0 N–H and O–H groups in total. The van der Waals surface area contributed by atoms with Gasteiger partial charge in [-0.15, -0.1) is 0 Å². The Balaban J connectivity index is 2.04. The van der Waals surface area contributed by atoms with E-state index in [0.717, 1.165) is 5.56 Å². The number of hydrogen-bond donors (Lipinski definition) is 0. The molecular formula is C16H20F2O. The molecule has 0 aliphatic heterocycles. The molecule has 1 atom stereocenters. The van der Waals surface area contributed by atoms with Crippen molar-refractivity contribution in [3.63, 3.8) is 0 Å². The maximum Gasteiger partial charge on any atom is 0.248 e. The van der Waals surface area contributed by atoms with Crippen molar-refractivity contribution >= 4 is 5.78 Å². The monoisotopic (exact) mass is 266 g/mol. The van der Waals surface area contributed by atoms with Crippen LogP contribution in [0.25, 0.3) is 0 Å². The highest BCUT2D eigenvalue weighted by Gasteiger charge is 2.41. The highest BCUT2D eigenvalue weighted by molar-refractivity contribution is 5.89. The van der Waals surface area contributed by atoms with E-state index in [1.165, 1.54) is 0 Å². The molecule has 1 aromatic rings. The minimum absolute atomic E-state index is 0.0569. The molecule has 104 valence electrons. The zero-order valence-corrected chi connectivity index (χ0v) is 11.5. The molecule has 1 nitrogen and oxygen atoms in total. The Hall–Kier alpha value is -1.25. The quantitative estimate of drug-likeness (QED) is 0.791. The summed E-state index contributed by atoms with van der Waals surface area (Å²) in [5, 5.41) is 0. The number of ketones is 1. The molecule has 0 spiro atoms. The van der Waals surface area contributed by atoms with Crippen molar-refractivity contribution in [1.29, 1.82) is 0 Å². The van der Waals surface area contributed by atoms with Crippen molar-refractivity contribution in [2.24, 2.45) is 5.92 Å². The number of halogens is 2. The summed E-state index contributed by atoms with van der Waals surface area (Å²) >= 11 is 0. The third-order valence-corrected chi connectivity index (χ3v) is 4.17. The van der Waals surface area contributed by atoms with Crippen LogP contribution < -0.4 is 0 Å². The van der Waals surface area contributed by atoms with Crippen molar-refractivity contribution in [2.75, 3.05) is 0 Å². The second-order valence-electron chi connectivity index (χ2n) is 6.08. The lowest BCUT2D eigenvalue weighted by molar-refractivity contribution is -0.124. The van der Waals surface area contributed by atoms with Gasteiger partial charge in [0, 0.05) is 24.7 Å². The minimum atomic E-state index is -2.57. The third-order valence-electron chi connectivity index (χ3n) is 4.17. The summed E-state index contributed by atoms with van der Waals surface area (Å²) in [4.78, 5) is 12.4. The number of Topliss-reactive ketones (excluding diaryl/α,β-unsaturated/α-hetero) is 1. The summed E-state index contributed by atoms with van der Waals surface area (Å²) < 4.78 is 26.3. The molecule has 19 heavy (non-hydrogen) atoms. The van der Waals surface area contributed by atoms with E-state index in [1.54, 1.807) is 0 Å². The summed E-state index contributed by atoms with van der Waals surface area (Å²) in [6.07, 6.45) is 0.515. The van der Waals surface area contributed by atoms with Gasteiger partial charge in [-0.3, -0.25) is 4.79 Å². The van der Waals surface area contributed by atoms with Crippen LogP contribution in [0.1, 0.15) is 45.1 Å². The second kappa shape index (κ2) is 5.03. The summed E-state index contributed by atoms with van der Waals surface area (Å²) in [7, 11) is 0. The van der Waals surface area contributed by atoms with E-state index in [0.29, 0.717) is 6.42 Å². The average molecular weight is 266 g/mol. The molecule has 0 heterocycles. The fourth-order valence-corrected chi connectivity index (χ4v) is 2.75. The van der Waals surface area contributed by atoms with Gasteiger partial charge in [0.2, 0.25) is 5.92 Å². The average Bonchev–Trinajstić information content (AvgIpc) is 2.69. The molecule has 1 unspecified atom stereocenters. The fraction of sp³-hybridized carbons (Fsp3) is 0.562. The number of alkyl halides is 2. The molecule has 2 rings (SSSR count). The summed E-state index contributed by atoms with van der Waals surface area (Å²) in [5.41, 5.74) is 0.351. The minimum Gasteiger partial charge on any atom is -0.299 e. The SMILES string of the molecule is CC(C)(C(=O)CC1CCC(F)(F)C1)c1ccccc1. The lowest BCUT2D eigenvalue weighted by atomic mass is 9.77. The molecule has 0 aromatic heterocycles. The van der Waals surface area contributed by atoms with E-state index in [1.807, 2.05) is 44.2 Å². The molecular weight excluding hydrogens is 246 g/mol. The van der Waals surface area contributed by atoms with Gasteiger partial charge in [-0.2, -0.15) is 0 Å². The number of carbonyl (C=O) groups is 1. The maximum absolute atomic E-state index is 13.2. The Labute approximate surface area is 113 Å². The molecule has 1 aliphatic carbocycles. The van der Waals surface area contributed by atoms with Gasteiger partial charge in [-0.25, -0.2) is 8.78 Å². The number of rotatable bonds is 4. The van der Waals surface area contributed by atoms with Crippen LogP contribution in [0.15, 0.2) is 30.3 Å². The highest BCUT2D eigenvalue weighted by Crippen LogP contribution is 2.41. The Morgan fingerprint density at radius 3 is 2.47 bits per heavy atom. The highest BCUT2D eigenvalue weighted by atomic mass is 19.3. The van der Waals surface area contributed by atoms with Gasteiger partial charge in [0.25, 0.3) is 0 Å². The Kier molecular flexibility index (Phi) is 3.75. The normalized spacial score (nSPS) is 22.4. The molecule has 1 aromatic carbocycles. The van der Waals surface area contributed by atoms with Crippen molar-refractivity contribution in [3.8, 4) is 0 Å². The lowest BCUT2D eigenvalue weighted by Gasteiger charge is -2.25. The number of benzene rings is 1. The van der Waals surface area contributed by atoms with Crippen LogP contribution in [0.4, 0.5) is 8.78 Å². The first-order valence-electron chi connectivity index (χ1n) is 6.78. The number of hydrogen-bond acceptors (Lipinski definition) is 1. The first-order chi connectivity index (χ1) is 8.81. The van der Waals surface area contributed by atoms with E-state index in [9.17, 15) is 13.6 Å². The van der Waals surface area contributed by atoms with Crippen molar-refractivity contribution < 1.29 is 13.6 Å². The Bertz CT molecular complexity index is 451. The smallest absolute Gasteiger partial charge is 0.248 e. The first-order valence-corrected chi connectivity index (χ1v) is 6.78. The fourth-order valence-electron chi connectivity index (χ4n) is 2.75. The van der Waals surface area contributed by atoms with E-state index in [2.05, 4.69) is 0 Å². The molecule has 0 radical (unpaired) electrons. The zero-order chi connectivity index (χ0) is 14.1. The van der Waals surface area contributed by atoms with Crippen molar-refractivity contribution in [2.45, 2.75) is 50.9 Å². The Morgan fingerprint density at radius 2 is 1.95 bits per heavy atom. The number of carbonyl (C=O) groups excluding carboxylic acids is 1. The van der Waals surface area contributed by atoms with Gasteiger partial charge in [-0.1, -0.05) is 30.3 Å². The van der Waals surface area contributed by atoms with Crippen LogP contribution in [0.2, 0.25) is 0 Å². The van der Waals surface area contributed by atoms with Gasteiger partial charge in [0.15, 0.2) is 0 Å². The molecule has 1 fully saturated rings. The van der Waals surface area contributed by atoms with Crippen LogP contribution in [-0.2, 0) is 10.2 Å². The standard InChI is InChI=1S/C16H20F2O/c1-15(2,13-6-4-3-5-7-13)14(19)10-12-8-9-16(17,18)11-12/h3-7,12H,8-11H2,1-2H3. The van der Waals surface area contributed by atoms with Gasteiger partial charge >= 0.3 is 0 Å². The van der Waals surface area contributed by atoms with Crippen LogP contribution in [0.3, 0.4) is 0 Å². The Morgan fingerprint density at radius 1 is 1.32 bits per heavy atom. The molecule has 0 bridgehead atoms. The topological polar surface area (TPSA) is 17.1 Å². The van der Waals surface area contributed by atoms with E-state index in [-0.39, 0.29) is 31.0 Å². The summed E-state index contributed by atoms with van der Waals surface area (Å²) in [6, 6.07) is 9.53. The predicted octanol–water partition coefficient (Wildman–Crippen LogP) is 4.36. The van der Waals surface area contributed by atoms with Gasteiger partial charge in [0.1, 0.15) is 5.78 Å². The second-order valence-corrected chi connectivity index (χ2v) is 6.08. The first kappa shape index (κ1) is 14.2. The molecule has 1 aliphatic rings. The summed E-state index contributed by atoms with van der Waals surface area (Å²) in [5.74, 6) is -2.67. The van der Waals surface area contributed by atoms with Crippen molar-refractivity contribution in [1.82, 2.24) is 0 Å². The maximum atomic E-state index is 13.2. The lowest BCUT2D eigenvalue weighted by Crippen LogP contribution is -2.30. The van der Waals surface area contributed by atoms with E-state index >= 15 is 0 Å². The molecule has 1 saturated carbocycles. The molecule has 0 amide bonds. The van der Waals surface area contributed by atoms with Gasteiger partial charge in [-0.05, 0) is 31.7 Å². The van der Waals surface area contributed by atoms with Crippen LogP contribution in [-0.4, -0.2) is 11.7 Å². The molecule has 3 heteroatoms. The van der Waals surface area contributed by atoms with E-state index < -0.39 is 11.3 Å². The zero-order valence-electron chi connectivity index (χ0n) is 11.5. The molecule has 0 saturated heterocycles. The van der Waals surface area contributed by atoms with Crippen molar-refractivity contribution in [3.05, 3.63) is 35.9 Å². The van der Waals surface area contributed by atoms with Gasteiger partial charge in [0.05, 0.1) is 0 Å². The van der Waals surface area contributed by atoms with Crippen LogP contribution >= 0.6 is 0 Å². The largest absolute Gasteiger partial charge is 0.299 e. The summed E-state index contributed by atoms with van der Waals surface area (Å²) in [6.45, 7) is 3.75. The van der Waals surface area contributed by atoms with Crippen LogP contribution in [0.5, 0.6) is 0 Å². The predicted molar refractivity (Wildman–Crippen MR) is 71.4 cm³/mol. The third kappa shape index (κ3) is 3.20. The van der Waals surface area contributed by atoms with Gasteiger partial charge < -0.3 is 0 Å². The van der Waals surface area contributed by atoms with E-state index in [4.69, 9.17) is 0 Å². The van der Waals surface area contributed by atoms with Crippen LogP contribution in [0, 0.1) is 5.92 Å².